The summed E-state index contributed by atoms with van der Waals surface area (Å²) in [5.74, 6) is 0. The van der Waals surface area contributed by atoms with Crippen molar-refractivity contribution in [3.05, 3.63) is 17.5 Å². The lowest BCUT2D eigenvalue weighted by molar-refractivity contribution is 0.0652. The van der Waals surface area contributed by atoms with Crippen LogP contribution in [-0.4, -0.2) is 42.8 Å². The molecule has 0 spiro atoms. The minimum Gasteiger partial charge on any atom is -0.382 e. The third-order valence-electron chi connectivity index (χ3n) is 2.78. The third kappa shape index (κ3) is 5.16. The van der Waals surface area contributed by atoms with Crippen LogP contribution in [-0.2, 0) is 22.6 Å². The molecule has 1 heterocycles. The van der Waals surface area contributed by atoms with Crippen molar-refractivity contribution in [2.45, 2.75) is 39.9 Å². The first-order valence-corrected chi connectivity index (χ1v) is 6.46. The average Bonchev–Trinajstić information content (AvgIpc) is 2.68. The molecular formula is C13H25N3O2. The van der Waals surface area contributed by atoms with Gasteiger partial charge in [0, 0.05) is 31.0 Å². The Morgan fingerprint density at radius 3 is 2.78 bits per heavy atom. The van der Waals surface area contributed by atoms with Crippen LogP contribution in [0, 0.1) is 6.92 Å². The van der Waals surface area contributed by atoms with Gasteiger partial charge in [-0.15, -0.1) is 0 Å². The lowest BCUT2D eigenvalue weighted by atomic mass is 10.2. The lowest BCUT2D eigenvalue weighted by Crippen LogP contribution is -2.22. The fourth-order valence-electron chi connectivity index (χ4n) is 1.59. The molecule has 5 heteroatoms. The van der Waals surface area contributed by atoms with Gasteiger partial charge in [0.25, 0.3) is 0 Å². The van der Waals surface area contributed by atoms with Crippen molar-refractivity contribution in [2.75, 3.05) is 26.9 Å². The monoisotopic (exact) mass is 255 g/mol. The molecule has 1 aromatic heterocycles. The highest BCUT2D eigenvalue weighted by molar-refractivity contribution is 5.15. The van der Waals surface area contributed by atoms with E-state index in [0.29, 0.717) is 25.9 Å². The minimum atomic E-state index is 0.491. The van der Waals surface area contributed by atoms with Gasteiger partial charge in [-0.25, -0.2) is 0 Å². The topological polar surface area (TPSA) is 48.3 Å². The maximum absolute atomic E-state index is 5.44. The van der Waals surface area contributed by atoms with E-state index < -0.39 is 0 Å². The molecule has 1 N–H and O–H groups in total. The van der Waals surface area contributed by atoms with E-state index in [-0.39, 0.29) is 0 Å². The molecule has 0 aliphatic carbocycles. The third-order valence-corrected chi connectivity index (χ3v) is 2.78. The van der Waals surface area contributed by atoms with Gasteiger partial charge < -0.3 is 14.8 Å². The molecule has 0 aliphatic rings. The molecule has 0 unspecified atom stereocenters. The van der Waals surface area contributed by atoms with E-state index in [1.807, 2.05) is 10.9 Å². The number of hydrogen-bond acceptors (Lipinski definition) is 4. The highest BCUT2D eigenvalue weighted by Crippen LogP contribution is 2.07. The Kier molecular flexibility index (Phi) is 6.93. The molecule has 0 saturated heterocycles. The molecule has 0 aliphatic heterocycles. The molecule has 0 fully saturated rings. The molecule has 0 aromatic carbocycles. The van der Waals surface area contributed by atoms with Crippen LogP contribution in [0.1, 0.15) is 25.1 Å². The van der Waals surface area contributed by atoms with E-state index in [0.717, 1.165) is 13.1 Å². The lowest BCUT2D eigenvalue weighted by Gasteiger charge is -2.09. The van der Waals surface area contributed by atoms with Crippen molar-refractivity contribution in [3.63, 3.8) is 0 Å². The van der Waals surface area contributed by atoms with Gasteiger partial charge >= 0.3 is 0 Å². The highest BCUT2D eigenvalue weighted by Gasteiger charge is 2.06. The van der Waals surface area contributed by atoms with Gasteiger partial charge in [0.15, 0.2) is 0 Å². The number of aromatic nitrogens is 2. The number of rotatable bonds is 9. The van der Waals surface area contributed by atoms with Crippen molar-refractivity contribution in [3.8, 4) is 0 Å². The van der Waals surface area contributed by atoms with Gasteiger partial charge in [-0.3, -0.25) is 4.68 Å². The zero-order valence-electron chi connectivity index (χ0n) is 11.9. The van der Waals surface area contributed by atoms with E-state index in [4.69, 9.17) is 9.47 Å². The summed E-state index contributed by atoms with van der Waals surface area (Å²) in [4.78, 5) is 0. The Hall–Kier alpha value is -0.910. The molecule has 0 amide bonds. The summed E-state index contributed by atoms with van der Waals surface area (Å²) in [7, 11) is 1.68. The molecule has 5 nitrogen and oxygen atoms in total. The first-order chi connectivity index (χ1) is 8.65. The maximum Gasteiger partial charge on any atom is 0.0701 e. The Morgan fingerprint density at radius 1 is 1.33 bits per heavy atom. The van der Waals surface area contributed by atoms with Crippen molar-refractivity contribution in [2.24, 2.45) is 0 Å². The standard InChI is InChI=1S/C13H25N3O2/c1-11(2)14-9-13-10-15-16(12(13)3)5-6-18-8-7-17-4/h10-11,14H,5-9H2,1-4H3. The van der Waals surface area contributed by atoms with E-state index in [1.54, 1.807) is 7.11 Å². The second-order valence-electron chi connectivity index (χ2n) is 4.62. The van der Waals surface area contributed by atoms with Crippen molar-refractivity contribution >= 4 is 0 Å². The normalized spacial score (nSPS) is 11.4. The molecule has 104 valence electrons. The summed E-state index contributed by atoms with van der Waals surface area (Å²) in [5.41, 5.74) is 2.46. The van der Waals surface area contributed by atoms with Gasteiger partial charge in [0.05, 0.1) is 32.6 Å². The summed E-state index contributed by atoms with van der Waals surface area (Å²) in [6.45, 7) is 9.99. The van der Waals surface area contributed by atoms with Crippen LogP contribution in [0.5, 0.6) is 0 Å². The Balaban J connectivity index is 2.33. The molecule has 0 radical (unpaired) electrons. The summed E-state index contributed by atoms with van der Waals surface area (Å²) >= 11 is 0. The Morgan fingerprint density at radius 2 is 2.11 bits per heavy atom. The first kappa shape index (κ1) is 15.1. The molecule has 0 atom stereocenters. The van der Waals surface area contributed by atoms with E-state index >= 15 is 0 Å². The summed E-state index contributed by atoms with van der Waals surface area (Å²) in [6.07, 6.45) is 1.93. The number of nitrogens with zero attached hydrogens (tertiary/aromatic N) is 2. The fraction of sp³-hybridized carbons (Fsp3) is 0.769. The average molecular weight is 255 g/mol. The number of methoxy groups -OCH3 is 1. The first-order valence-electron chi connectivity index (χ1n) is 6.46. The highest BCUT2D eigenvalue weighted by atomic mass is 16.5. The van der Waals surface area contributed by atoms with E-state index in [2.05, 4.69) is 31.2 Å². The SMILES string of the molecule is COCCOCCn1ncc(CNC(C)C)c1C. The largest absolute Gasteiger partial charge is 0.382 e. The predicted octanol–water partition coefficient (Wildman–Crippen LogP) is 1.35. The smallest absolute Gasteiger partial charge is 0.0701 e. The Bertz CT molecular complexity index is 337. The Labute approximate surface area is 109 Å². The van der Waals surface area contributed by atoms with Crippen molar-refractivity contribution in [1.82, 2.24) is 15.1 Å². The molecule has 18 heavy (non-hydrogen) atoms. The van der Waals surface area contributed by atoms with E-state index in [9.17, 15) is 0 Å². The number of nitrogens with one attached hydrogen (secondary N) is 1. The summed E-state index contributed by atoms with van der Waals surface area (Å²) in [5, 5.41) is 7.78. The van der Waals surface area contributed by atoms with Gasteiger partial charge in [0.1, 0.15) is 0 Å². The van der Waals surface area contributed by atoms with Crippen LogP contribution in [0.3, 0.4) is 0 Å². The summed E-state index contributed by atoms with van der Waals surface area (Å²) in [6, 6.07) is 0.491. The van der Waals surface area contributed by atoms with Gasteiger partial charge in [0.2, 0.25) is 0 Å². The molecule has 0 saturated carbocycles. The second-order valence-corrected chi connectivity index (χ2v) is 4.62. The number of ether oxygens (including phenoxy) is 2. The maximum atomic E-state index is 5.44. The molecular weight excluding hydrogens is 230 g/mol. The quantitative estimate of drug-likeness (QED) is 0.677. The number of hydrogen-bond donors (Lipinski definition) is 1. The van der Waals surface area contributed by atoms with E-state index in [1.165, 1.54) is 11.3 Å². The van der Waals surface area contributed by atoms with Gasteiger partial charge in [-0.05, 0) is 6.92 Å². The van der Waals surface area contributed by atoms with Crippen LogP contribution in [0.15, 0.2) is 6.20 Å². The van der Waals surface area contributed by atoms with Crippen LogP contribution in [0.2, 0.25) is 0 Å². The van der Waals surface area contributed by atoms with Crippen LogP contribution < -0.4 is 5.32 Å². The molecule has 0 bridgehead atoms. The van der Waals surface area contributed by atoms with Crippen molar-refractivity contribution in [1.29, 1.82) is 0 Å². The summed E-state index contributed by atoms with van der Waals surface area (Å²) < 4.78 is 12.3. The fourth-order valence-corrected chi connectivity index (χ4v) is 1.59. The zero-order chi connectivity index (χ0) is 13.4. The second kappa shape index (κ2) is 8.24. The predicted molar refractivity (Wildman–Crippen MR) is 71.6 cm³/mol. The molecule has 1 rings (SSSR count). The van der Waals surface area contributed by atoms with Crippen LogP contribution in [0.25, 0.3) is 0 Å². The zero-order valence-corrected chi connectivity index (χ0v) is 11.9. The minimum absolute atomic E-state index is 0.491. The van der Waals surface area contributed by atoms with Crippen LogP contribution in [0.4, 0.5) is 0 Å². The van der Waals surface area contributed by atoms with Gasteiger partial charge in [-0.2, -0.15) is 5.10 Å². The van der Waals surface area contributed by atoms with Gasteiger partial charge in [-0.1, -0.05) is 13.8 Å². The van der Waals surface area contributed by atoms with Crippen molar-refractivity contribution < 1.29 is 9.47 Å². The van der Waals surface area contributed by atoms with Crippen LogP contribution >= 0.6 is 0 Å². The molecule has 1 aromatic rings.